The molecule has 43 heavy (non-hydrogen) atoms. The molecule has 4 N–H and O–H groups in total. The Morgan fingerprint density at radius 1 is 1.05 bits per heavy atom. The van der Waals surface area contributed by atoms with E-state index in [1.807, 2.05) is 0 Å². The zero-order chi connectivity index (χ0) is 31.5. The van der Waals surface area contributed by atoms with E-state index in [1.165, 1.54) is 13.3 Å². The number of benzene rings is 2. The highest BCUT2D eigenvalue weighted by molar-refractivity contribution is 9.10. The average Bonchev–Trinajstić information content (AvgIpc) is 2.95. The zero-order valence-corrected chi connectivity index (χ0v) is 25.4. The molecule has 3 amide bonds. The summed E-state index contributed by atoms with van der Waals surface area (Å²) < 4.78 is 27.5. The molecule has 1 heterocycles. The second kappa shape index (κ2) is 15.4. The van der Waals surface area contributed by atoms with Crippen molar-refractivity contribution in [3.8, 4) is 23.0 Å². The quantitative estimate of drug-likeness (QED) is 0.133. The molecule has 3 rings (SSSR count). The number of hydrogen-bond acceptors (Lipinski definition) is 10. The molecule has 1 aliphatic heterocycles. The van der Waals surface area contributed by atoms with Gasteiger partial charge in [-0.05, 0) is 72.1 Å². The highest BCUT2D eigenvalue weighted by Crippen LogP contribution is 2.37. The molecule has 14 nitrogen and oxygen atoms in total. The van der Waals surface area contributed by atoms with Crippen LogP contribution in [0.25, 0.3) is 0 Å². The summed E-state index contributed by atoms with van der Waals surface area (Å²) in [5.41, 5.74) is 4.04. The molecule has 0 fully saturated rings. The fourth-order valence-corrected chi connectivity index (χ4v) is 4.53. The van der Waals surface area contributed by atoms with Crippen molar-refractivity contribution < 1.29 is 48.0 Å². The largest absolute Gasteiger partial charge is 0.493 e. The van der Waals surface area contributed by atoms with Crippen molar-refractivity contribution in [3.63, 3.8) is 0 Å². The lowest BCUT2D eigenvalue weighted by molar-refractivity contribution is -0.140. The summed E-state index contributed by atoms with van der Waals surface area (Å²) in [6, 6.07) is 6.70. The van der Waals surface area contributed by atoms with Gasteiger partial charge in [0.1, 0.15) is 0 Å². The minimum atomic E-state index is -1.14. The summed E-state index contributed by atoms with van der Waals surface area (Å²) in [7, 11) is 1.41. The number of urea groups is 1. The fourth-order valence-electron chi connectivity index (χ4n) is 3.96. The number of methoxy groups -OCH3 is 1. The second-order valence-electron chi connectivity index (χ2n) is 8.73. The van der Waals surface area contributed by atoms with E-state index in [0.29, 0.717) is 33.7 Å². The van der Waals surface area contributed by atoms with Crippen molar-refractivity contribution in [1.29, 1.82) is 0 Å². The van der Waals surface area contributed by atoms with Crippen LogP contribution in [0.15, 0.2) is 51.2 Å². The van der Waals surface area contributed by atoms with Gasteiger partial charge < -0.3 is 39.4 Å². The summed E-state index contributed by atoms with van der Waals surface area (Å²) in [5.74, 6) is -1.24. The molecule has 0 unspecified atom stereocenters. The third kappa shape index (κ3) is 8.85. The fraction of sp³-hybridized carbons (Fsp3) is 0.321. The van der Waals surface area contributed by atoms with Crippen LogP contribution in [0, 0.1) is 0 Å². The van der Waals surface area contributed by atoms with E-state index in [4.69, 9.17) is 28.8 Å². The van der Waals surface area contributed by atoms with Crippen LogP contribution in [0.2, 0.25) is 0 Å². The number of rotatable bonds is 14. The number of carboxylic acids is 1. The van der Waals surface area contributed by atoms with E-state index in [0.717, 1.165) is 0 Å². The van der Waals surface area contributed by atoms with Gasteiger partial charge in [0.25, 0.3) is 5.91 Å². The predicted molar refractivity (Wildman–Crippen MR) is 156 cm³/mol. The van der Waals surface area contributed by atoms with Gasteiger partial charge in [0.15, 0.2) is 36.2 Å². The Kier molecular flexibility index (Phi) is 11.8. The van der Waals surface area contributed by atoms with E-state index >= 15 is 0 Å². The van der Waals surface area contributed by atoms with E-state index in [-0.39, 0.29) is 29.4 Å². The number of halogens is 1. The molecule has 0 bridgehead atoms. The van der Waals surface area contributed by atoms with Crippen molar-refractivity contribution in [2.75, 3.05) is 33.5 Å². The first kappa shape index (κ1) is 32.7. The van der Waals surface area contributed by atoms with Crippen LogP contribution in [0.5, 0.6) is 23.0 Å². The minimum absolute atomic E-state index is 0.167. The van der Waals surface area contributed by atoms with Crippen molar-refractivity contribution in [1.82, 2.24) is 16.1 Å². The normalized spacial score (nSPS) is 14.4. The molecule has 0 saturated heterocycles. The Bertz CT molecular complexity index is 1440. The van der Waals surface area contributed by atoms with E-state index in [2.05, 4.69) is 37.1 Å². The van der Waals surface area contributed by atoms with E-state index < -0.39 is 43.1 Å². The number of carbonyl (C=O) groups excluding carboxylic acids is 3. The SMILES string of the molecule is CCOC(=O)C1=C(C)NC(=O)N[C@H]1c1ccc(OCC(=O)N/N=C\c2cc(Br)c(OCC(=O)O)c(OCC)c2)c(OC)c1. The van der Waals surface area contributed by atoms with Crippen molar-refractivity contribution >= 4 is 46.0 Å². The van der Waals surface area contributed by atoms with Gasteiger partial charge in [0.05, 0.1) is 42.6 Å². The van der Waals surface area contributed by atoms with Gasteiger partial charge in [-0.2, -0.15) is 5.10 Å². The van der Waals surface area contributed by atoms with Crippen LogP contribution >= 0.6 is 15.9 Å². The Morgan fingerprint density at radius 2 is 1.81 bits per heavy atom. The van der Waals surface area contributed by atoms with Gasteiger partial charge in [-0.25, -0.2) is 19.8 Å². The Hall–Kier alpha value is -4.79. The first-order valence-corrected chi connectivity index (χ1v) is 13.8. The average molecular weight is 663 g/mol. The van der Waals surface area contributed by atoms with Gasteiger partial charge in [-0.1, -0.05) is 6.07 Å². The smallest absolute Gasteiger partial charge is 0.341 e. The third-order valence-corrected chi connectivity index (χ3v) is 6.31. The molecule has 2 aromatic rings. The summed E-state index contributed by atoms with van der Waals surface area (Å²) in [6.07, 6.45) is 1.37. The number of allylic oxidation sites excluding steroid dienone is 1. The van der Waals surface area contributed by atoms with Crippen LogP contribution in [0.1, 0.15) is 37.9 Å². The van der Waals surface area contributed by atoms with E-state index in [9.17, 15) is 19.2 Å². The van der Waals surface area contributed by atoms with Crippen LogP contribution in [-0.4, -0.2) is 68.7 Å². The Balaban J connectivity index is 1.67. The van der Waals surface area contributed by atoms with Gasteiger partial charge in [-0.3, -0.25) is 4.79 Å². The molecular formula is C28H31BrN4O10. The molecule has 2 aromatic carbocycles. The lowest BCUT2D eigenvalue weighted by Crippen LogP contribution is -2.45. The number of nitrogens with one attached hydrogen (secondary N) is 3. The molecule has 15 heteroatoms. The number of ether oxygens (including phenoxy) is 5. The first-order valence-electron chi connectivity index (χ1n) is 13.0. The van der Waals surface area contributed by atoms with Crippen LogP contribution < -0.4 is 35.0 Å². The van der Waals surface area contributed by atoms with Gasteiger partial charge in [0.2, 0.25) is 0 Å². The molecule has 0 aliphatic carbocycles. The lowest BCUT2D eigenvalue weighted by atomic mass is 9.95. The molecule has 0 aromatic heterocycles. The van der Waals surface area contributed by atoms with Crippen molar-refractivity contribution in [3.05, 3.63) is 57.2 Å². The van der Waals surface area contributed by atoms with E-state index in [1.54, 1.807) is 51.1 Å². The second-order valence-corrected chi connectivity index (χ2v) is 9.58. The molecular weight excluding hydrogens is 632 g/mol. The van der Waals surface area contributed by atoms with Crippen molar-refractivity contribution in [2.45, 2.75) is 26.8 Å². The number of hydrogen-bond donors (Lipinski definition) is 4. The maximum atomic E-state index is 12.6. The Morgan fingerprint density at radius 3 is 2.49 bits per heavy atom. The summed E-state index contributed by atoms with van der Waals surface area (Å²) in [4.78, 5) is 48.0. The minimum Gasteiger partial charge on any atom is -0.493 e. The van der Waals surface area contributed by atoms with Gasteiger partial charge in [-0.15, -0.1) is 0 Å². The number of hydrazone groups is 1. The molecule has 1 aliphatic rings. The Labute approximate surface area is 255 Å². The van der Waals surface area contributed by atoms with Crippen molar-refractivity contribution in [2.24, 2.45) is 5.10 Å². The van der Waals surface area contributed by atoms with Crippen LogP contribution in [0.4, 0.5) is 4.79 Å². The van der Waals surface area contributed by atoms with Gasteiger partial charge in [0, 0.05) is 5.70 Å². The first-order chi connectivity index (χ1) is 20.6. The molecule has 0 radical (unpaired) electrons. The zero-order valence-electron chi connectivity index (χ0n) is 23.8. The number of amides is 3. The molecule has 1 atom stereocenters. The summed E-state index contributed by atoms with van der Waals surface area (Å²) in [6.45, 7) is 4.59. The van der Waals surface area contributed by atoms with Crippen LogP contribution in [0.3, 0.4) is 0 Å². The predicted octanol–water partition coefficient (Wildman–Crippen LogP) is 3.04. The molecule has 0 spiro atoms. The lowest BCUT2D eigenvalue weighted by Gasteiger charge is -2.28. The monoisotopic (exact) mass is 662 g/mol. The highest BCUT2D eigenvalue weighted by Gasteiger charge is 2.32. The highest BCUT2D eigenvalue weighted by atomic mass is 79.9. The number of carboxylic acid groups (broad SMARTS) is 1. The topological polar surface area (TPSA) is 183 Å². The summed E-state index contributed by atoms with van der Waals surface area (Å²) in [5, 5.41) is 18.1. The maximum Gasteiger partial charge on any atom is 0.341 e. The standard InChI is InChI=1S/C28H31BrN4O10/c1-5-40-21-10-16(9-18(29)26(21)43-14-23(35)36)12-30-33-22(34)13-42-19-8-7-17(11-20(19)39-4)25-24(27(37)41-6-2)15(3)31-28(38)32-25/h7-12,25H,5-6,13-14H2,1-4H3,(H,33,34)(H,35,36)(H2,31,32,38)/b30-12-/t25-/m0/s1. The molecule has 0 saturated carbocycles. The number of nitrogens with zero attached hydrogens (tertiary/aromatic N) is 1. The van der Waals surface area contributed by atoms with Gasteiger partial charge >= 0.3 is 18.0 Å². The van der Waals surface area contributed by atoms with Crippen LogP contribution in [-0.2, 0) is 19.1 Å². The molecule has 230 valence electrons. The number of esters is 1. The number of aliphatic carboxylic acids is 1. The third-order valence-electron chi connectivity index (χ3n) is 5.72. The number of carbonyl (C=O) groups is 4. The maximum absolute atomic E-state index is 12.6. The summed E-state index contributed by atoms with van der Waals surface area (Å²) >= 11 is 3.33.